The number of anilines is 3. The van der Waals surface area contributed by atoms with Crippen molar-refractivity contribution in [2.45, 2.75) is 0 Å². The van der Waals surface area contributed by atoms with E-state index in [0.29, 0.717) is 0 Å². The molecule has 0 aliphatic carbocycles. The van der Waals surface area contributed by atoms with Crippen molar-refractivity contribution in [1.82, 2.24) is 4.57 Å². The van der Waals surface area contributed by atoms with Gasteiger partial charge in [-0.1, -0.05) is 115 Å². The molecule has 0 saturated carbocycles. The van der Waals surface area contributed by atoms with E-state index in [1.165, 1.54) is 66.6 Å². The van der Waals surface area contributed by atoms with Gasteiger partial charge in [0.25, 0.3) is 0 Å². The van der Waals surface area contributed by atoms with E-state index in [4.69, 9.17) is 0 Å². The molecule has 0 unspecified atom stereocenters. The molecule has 0 saturated heterocycles. The molecule has 2 heteroatoms. The average molecular weight is 561 g/mol. The Bertz CT molecular complexity index is 2270. The molecular formula is C42H28N2. The molecule has 206 valence electrons. The van der Waals surface area contributed by atoms with Crippen LogP contribution in [0.1, 0.15) is 0 Å². The Labute approximate surface area is 256 Å². The maximum absolute atomic E-state index is 2.40. The van der Waals surface area contributed by atoms with Crippen LogP contribution in [0.4, 0.5) is 17.1 Å². The summed E-state index contributed by atoms with van der Waals surface area (Å²) >= 11 is 0. The Balaban J connectivity index is 1.21. The van der Waals surface area contributed by atoms with Crippen molar-refractivity contribution in [3.8, 4) is 39.1 Å². The summed E-state index contributed by atoms with van der Waals surface area (Å²) in [5, 5.41) is 2.56. The van der Waals surface area contributed by atoms with Crippen molar-refractivity contribution in [3.05, 3.63) is 170 Å². The molecule has 0 atom stereocenters. The Morgan fingerprint density at radius 3 is 1.55 bits per heavy atom. The zero-order valence-corrected chi connectivity index (χ0v) is 24.1. The van der Waals surface area contributed by atoms with Crippen LogP contribution >= 0.6 is 0 Å². The lowest BCUT2D eigenvalue weighted by Gasteiger charge is -2.27. The maximum Gasteiger partial charge on any atom is 0.0541 e. The third kappa shape index (κ3) is 3.75. The predicted molar refractivity (Wildman–Crippen MR) is 185 cm³/mol. The third-order valence-electron chi connectivity index (χ3n) is 8.94. The Kier molecular flexibility index (Phi) is 5.54. The van der Waals surface area contributed by atoms with Crippen LogP contribution in [0.3, 0.4) is 0 Å². The quantitative estimate of drug-likeness (QED) is 0.209. The summed E-state index contributed by atoms with van der Waals surface area (Å²) < 4.78 is 2.37. The van der Waals surface area contributed by atoms with Gasteiger partial charge in [-0.05, 0) is 76.9 Å². The molecule has 0 N–H and O–H groups in total. The molecule has 0 fully saturated rings. The number of hydrogen-bond donors (Lipinski definition) is 0. The first-order valence-electron chi connectivity index (χ1n) is 15.1. The summed E-state index contributed by atoms with van der Waals surface area (Å²) in [7, 11) is 0. The van der Waals surface area contributed by atoms with Gasteiger partial charge in [0, 0.05) is 33.3 Å². The van der Waals surface area contributed by atoms with E-state index in [-0.39, 0.29) is 0 Å². The molecule has 1 aliphatic rings. The molecule has 1 aromatic heterocycles. The number of aromatic nitrogens is 1. The molecule has 1 aliphatic heterocycles. The van der Waals surface area contributed by atoms with E-state index in [1.807, 2.05) is 0 Å². The van der Waals surface area contributed by atoms with Gasteiger partial charge in [0.2, 0.25) is 0 Å². The summed E-state index contributed by atoms with van der Waals surface area (Å²) in [6, 6.07) is 61.5. The summed E-state index contributed by atoms with van der Waals surface area (Å²) in [4.78, 5) is 2.40. The molecule has 2 heterocycles. The van der Waals surface area contributed by atoms with Crippen molar-refractivity contribution >= 4 is 38.9 Å². The van der Waals surface area contributed by atoms with Gasteiger partial charge < -0.3 is 9.47 Å². The van der Waals surface area contributed by atoms with E-state index in [9.17, 15) is 0 Å². The standard InChI is InChI=1S/C42H28N2/c1-2-12-31(13-3-1)43-39-19-9-6-16-35(39)33-14-4-5-15-34(33)38-28-30(24-27-42(38)43)29-22-25-32(26-23-29)44-40-20-10-7-17-36(40)37-18-8-11-21-41(37)44/h1-28H. The minimum absolute atomic E-state index is 1.15. The minimum atomic E-state index is 1.15. The van der Waals surface area contributed by atoms with Crippen molar-refractivity contribution < 1.29 is 0 Å². The van der Waals surface area contributed by atoms with Gasteiger partial charge in [-0.15, -0.1) is 0 Å². The Hall–Kier alpha value is -5.86. The van der Waals surface area contributed by atoms with Crippen LogP contribution in [0.2, 0.25) is 0 Å². The van der Waals surface area contributed by atoms with Crippen molar-refractivity contribution in [3.63, 3.8) is 0 Å². The molecule has 8 aromatic rings. The average Bonchev–Trinajstić information content (AvgIpc) is 3.37. The highest BCUT2D eigenvalue weighted by atomic mass is 15.1. The molecule has 7 aromatic carbocycles. The second-order valence-electron chi connectivity index (χ2n) is 11.4. The van der Waals surface area contributed by atoms with E-state index < -0.39 is 0 Å². The fourth-order valence-corrected chi connectivity index (χ4v) is 6.96. The molecule has 9 rings (SSSR count). The van der Waals surface area contributed by atoms with Crippen LogP contribution in [0.15, 0.2) is 170 Å². The van der Waals surface area contributed by atoms with Crippen LogP contribution in [0.5, 0.6) is 0 Å². The largest absolute Gasteiger partial charge is 0.309 e. The molecule has 0 spiro atoms. The zero-order chi connectivity index (χ0) is 29.0. The van der Waals surface area contributed by atoms with E-state index >= 15 is 0 Å². The van der Waals surface area contributed by atoms with Gasteiger partial charge in [0.05, 0.1) is 22.4 Å². The first kappa shape index (κ1) is 24.7. The molecule has 0 radical (unpaired) electrons. The van der Waals surface area contributed by atoms with E-state index in [0.717, 1.165) is 11.4 Å². The first-order valence-corrected chi connectivity index (χ1v) is 15.1. The highest BCUT2D eigenvalue weighted by Gasteiger charge is 2.26. The van der Waals surface area contributed by atoms with Crippen molar-refractivity contribution in [2.24, 2.45) is 0 Å². The number of rotatable bonds is 3. The number of benzene rings is 7. The van der Waals surface area contributed by atoms with Gasteiger partial charge in [-0.3, -0.25) is 0 Å². The molecule has 0 bridgehead atoms. The van der Waals surface area contributed by atoms with E-state index in [2.05, 4.69) is 179 Å². The topological polar surface area (TPSA) is 8.17 Å². The SMILES string of the molecule is c1ccc(N2c3ccccc3-c3ccccc3-c3cc(-c4ccc(-n5c6ccccc6c6ccccc65)cc4)ccc32)cc1. The third-order valence-corrected chi connectivity index (χ3v) is 8.94. The lowest BCUT2D eigenvalue weighted by Crippen LogP contribution is -2.10. The van der Waals surface area contributed by atoms with Crippen molar-refractivity contribution in [2.75, 3.05) is 4.90 Å². The highest BCUT2D eigenvalue weighted by Crippen LogP contribution is 2.51. The van der Waals surface area contributed by atoms with Gasteiger partial charge in [-0.2, -0.15) is 0 Å². The first-order chi connectivity index (χ1) is 21.8. The van der Waals surface area contributed by atoms with Crippen molar-refractivity contribution in [1.29, 1.82) is 0 Å². The van der Waals surface area contributed by atoms with Gasteiger partial charge in [0.1, 0.15) is 0 Å². The smallest absolute Gasteiger partial charge is 0.0541 e. The zero-order valence-electron chi connectivity index (χ0n) is 24.1. The summed E-state index contributed by atoms with van der Waals surface area (Å²) in [6.07, 6.45) is 0. The van der Waals surface area contributed by atoms with E-state index in [1.54, 1.807) is 0 Å². The maximum atomic E-state index is 2.40. The second-order valence-corrected chi connectivity index (χ2v) is 11.4. The lowest BCUT2D eigenvalue weighted by molar-refractivity contribution is 1.18. The minimum Gasteiger partial charge on any atom is -0.309 e. The molecule has 44 heavy (non-hydrogen) atoms. The summed E-state index contributed by atoms with van der Waals surface area (Å²) in [6.45, 7) is 0. The van der Waals surface area contributed by atoms with Crippen LogP contribution in [-0.2, 0) is 0 Å². The van der Waals surface area contributed by atoms with Gasteiger partial charge in [-0.25, -0.2) is 0 Å². The summed E-state index contributed by atoms with van der Waals surface area (Å²) in [5.41, 5.74) is 14.5. The normalized spacial score (nSPS) is 12.0. The summed E-state index contributed by atoms with van der Waals surface area (Å²) in [5.74, 6) is 0. The number of fused-ring (bicyclic) bond motifs is 8. The second kappa shape index (κ2) is 9.86. The van der Waals surface area contributed by atoms with Crippen LogP contribution in [0.25, 0.3) is 60.9 Å². The lowest BCUT2D eigenvalue weighted by atomic mass is 9.92. The molecule has 2 nitrogen and oxygen atoms in total. The monoisotopic (exact) mass is 560 g/mol. The highest BCUT2D eigenvalue weighted by molar-refractivity contribution is 6.09. The van der Waals surface area contributed by atoms with Gasteiger partial charge in [0.15, 0.2) is 0 Å². The van der Waals surface area contributed by atoms with Crippen LogP contribution in [0, 0.1) is 0 Å². The van der Waals surface area contributed by atoms with Crippen LogP contribution < -0.4 is 4.90 Å². The fraction of sp³-hybridized carbons (Fsp3) is 0. The number of para-hydroxylation sites is 4. The Morgan fingerprint density at radius 1 is 0.318 bits per heavy atom. The number of nitrogens with zero attached hydrogens (tertiary/aromatic N) is 2. The number of hydrogen-bond acceptors (Lipinski definition) is 1. The molecular weight excluding hydrogens is 532 g/mol. The fourth-order valence-electron chi connectivity index (χ4n) is 6.96. The van der Waals surface area contributed by atoms with Crippen LogP contribution in [-0.4, -0.2) is 4.57 Å². The predicted octanol–water partition coefficient (Wildman–Crippen LogP) is 11.6. The molecule has 0 amide bonds. The Morgan fingerprint density at radius 2 is 0.841 bits per heavy atom. The van der Waals surface area contributed by atoms with Gasteiger partial charge >= 0.3 is 0 Å².